The molecule has 4 heteroatoms. The van der Waals surface area contributed by atoms with Gasteiger partial charge in [-0.2, -0.15) is 0 Å². The van der Waals surface area contributed by atoms with Gasteiger partial charge < -0.3 is 10.1 Å². The van der Waals surface area contributed by atoms with Crippen LogP contribution in [0.3, 0.4) is 0 Å². The summed E-state index contributed by atoms with van der Waals surface area (Å²) >= 11 is 0. The quantitative estimate of drug-likeness (QED) is 0.584. The lowest BCUT2D eigenvalue weighted by Gasteiger charge is -2.08. The summed E-state index contributed by atoms with van der Waals surface area (Å²) in [5.74, 6) is -0.524. The molecule has 0 aromatic rings. The molecule has 0 spiro atoms. The first kappa shape index (κ1) is 8.46. The molecule has 1 aliphatic heterocycles. The maximum absolute atomic E-state index is 12.8. The Morgan fingerprint density at radius 3 is 2.91 bits per heavy atom. The molecule has 0 bridgehead atoms. The van der Waals surface area contributed by atoms with Gasteiger partial charge in [-0.15, -0.1) is 0 Å². The van der Waals surface area contributed by atoms with Crippen LogP contribution in [-0.4, -0.2) is 32.3 Å². The van der Waals surface area contributed by atoms with Crippen molar-refractivity contribution in [1.82, 2.24) is 5.32 Å². The summed E-state index contributed by atoms with van der Waals surface area (Å²) in [6.07, 6.45) is -0.709. The van der Waals surface area contributed by atoms with Crippen LogP contribution in [0, 0.1) is 5.92 Å². The van der Waals surface area contributed by atoms with Crippen molar-refractivity contribution in [2.24, 2.45) is 5.92 Å². The minimum absolute atomic E-state index is 0.185. The fourth-order valence-corrected chi connectivity index (χ4v) is 1.20. The van der Waals surface area contributed by atoms with E-state index in [0.717, 1.165) is 0 Å². The molecule has 1 rings (SSSR count). The highest BCUT2D eigenvalue weighted by molar-refractivity contribution is 5.69. The van der Waals surface area contributed by atoms with Gasteiger partial charge in [-0.3, -0.25) is 4.79 Å². The monoisotopic (exact) mass is 161 g/mol. The van der Waals surface area contributed by atoms with Gasteiger partial charge in [-0.25, -0.2) is 4.39 Å². The van der Waals surface area contributed by atoms with Crippen molar-refractivity contribution in [3.63, 3.8) is 0 Å². The second-order valence-corrected chi connectivity index (χ2v) is 2.71. The van der Waals surface area contributed by atoms with E-state index in [1.54, 1.807) is 0 Å². The summed E-state index contributed by atoms with van der Waals surface area (Å²) in [7, 11) is 1.32. The third kappa shape index (κ3) is 2.15. The highest BCUT2D eigenvalue weighted by Gasteiger charge is 2.28. The van der Waals surface area contributed by atoms with Gasteiger partial charge in [0.2, 0.25) is 0 Å². The third-order valence-corrected chi connectivity index (χ3v) is 1.91. The van der Waals surface area contributed by atoms with Crippen LogP contribution < -0.4 is 5.32 Å². The summed E-state index contributed by atoms with van der Waals surface area (Å²) in [6, 6.07) is 0. The Balaban J connectivity index is 2.30. The Bertz CT molecular complexity index is 151. The van der Waals surface area contributed by atoms with E-state index in [1.165, 1.54) is 7.11 Å². The number of hydrogen-bond acceptors (Lipinski definition) is 3. The standard InChI is InChI=1S/C7H12FNO2/c1-11-7(10)2-5-3-9-4-6(5)8/h5-6,9H,2-4H2,1H3/t5-,6+/m0/s1. The lowest BCUT2D eigenvalue weighted by atomic mass is 10.0. The molecule has 1 saturated heterocycles. The topological polar surface area (TPSA) is 38.3 Å². The zero-order valence-electron chi connectivity index (χ0n) is 6.47. The molecule has 0 unspecified atom stereocenters. The number of alkyl halides is 1. The SMILES string of the molecule is COC(=O)C[C@H]1CNC[C@H]1F. The summed E-state index contributed by atoms with van der Waals surface area (Å²) in [5.41, 5.74) is 0. The van der Waals surface area contributed by atoms with E-state index in [0.29, 0.717) is 13.1 Å². The van der Waals surface area contributed by atoms with Gasteiger partial charge in [0.15, 0.2) is 0 Å². The smallest absolute Gasteiger partial charge is 0.305 e. The lowest BCUT2D eigenvalue weighted by molar-refractivity contribution is -0.142. The molecular weight excluding hydrogens is 149 g/mol. The van der Waals surface area contributed by atoms with Crippen LogP contribution in [0.15, 0.2) is 0 Å². The largest absolute Gasteiger partial charge is 0.469 e. The highest BCUT2D eigenvalue weighted by atomic mass is 19.1. The van der Waals surface area contributed by atoms with E-state index >= 15 is 0 Å². The van der Waals surface area contributed by atoms with Gasteiger partial charge in [0, 0.05) is 19.0 Å². The van der Waals surface area contributed by atoms with Gasteiger partial charge in [0.25, 0.3) is 0 Å². The predicted octanol–water partition coefficient (Wildman–Crippen LogP) is 0.107. The molecule has 0 amide bonds. The second kappa shape index (κ2) is 3.67. The zero-order chi connectivity index (χ0) is 8.27. The van der Waals surface area contributed by atoms with E-state index in [1.807, 2.05) is 0 Å². The Hall–Kier alpha value is -0.640. The van der Waals surface area contributed by atoms with Crippen LogP contribution >= 0.6 is 0 Å². The fourth-order valence-electron chi connectivity index (χ4n) is 1.20. The van der Waals surface area contributed by atoms with Crippen molar-refractivity contribution in [3.05, 3.63) is 0 Å². The number of ether oxygens (including phenoxy) is 1. The maximum Gasteiger partial charge on any atom is 0.305 e. The first-order valence-electron chi connectivity index (χ1n) is 3.65. The molecule has 1 aliphatic rings. The Kier molecular flexibility index (Phi) is 2.82. The minimum Gasteiger partial charge on any atom is -0.469 e. The Morgan fingerprint density at radius 1 is 1.73 bits per heavy atom. The highest BCUT2D eigenvalue weighted by Crippen LogP contribution is 2.16. The van der Waals surface area contributed by atoms with Crippen molar-refractivity contribution in [1.29, 1.82) is 0 Å². The van der Waals surface area contributed by atoms with E-state index < -0.39 is 6.17 Å². The molecule has 1 fully saturated rings. The molecule has 0 radical (unpaired) electrons. The summed E-state index contributed by atoms with van der Waals surface area (Å²) in [6.45, 7) is 0.942. The van der Waals surface area contributed by atoms with Gasteiger partial charge in [0.05, 0.1) is 13.5 Å². The Morgan fingerprint density at radius 2 is 2.45 bits per heavy atom. The summed E-state index contributed by atoms with van der Waals surface area (Å²) in [5, 5.41) is 2.87. The zero-order valence-corrected chi connectivity index (χ0v) is 6.47. The average molecular weight is 161 g/mol. The normalized spacial score (nSPS) is 30.4. The molecular formula is C7H12FNO2. The molecule has 64 valence electrons. The van der Waals surface area contributed by atoms with Crippen LogP contribution in [0.1, 0.15) is 6.42 Å². The number of nitrogens with one attached hydrogen (secondary N) is 1. The minimum atomic E-state index is -0.894. The summed E-state index contributed by atoms with van der Waals surface area (Å²) < 4.78 is 17.2. The van der Waals surface area contributed by atoms with Crippen molar-refractivity contribution >= 4 is 5.97 Å². The number of rotatable bonds is 2. The van der Waals surface area contributed by atoms with E-state index in [2.05, 4.69) is 10.1 Å². The molecule has 3 nitrogen and oxygen atoms in total. The fraction of sp³-hybridized carbons (Fsp3) is 0.857. The number of methoxy groups -OCH3 is 1. The van der Waals surface area contributed by atoms with Gasteiger partial charge in [0.1, 0.15) is 6.17 Å². The number of carbonyl (C=O) groups is 1. The first-order chi connectivity index (χ1) is 5.24. The molecule has 2 atom stereocenters. The number of esters is 1. The van der Waals surface area contributed by atoms with E-state index in [9.17, 15) is 9.18 Å². The molecule has 0 aromatic heterocycles. The molecule has 11 heavy (non-hydrogen) atoms. The van der Waals surface area contributed by atoms with Gasteiger partial charge >= 0.3 is 5.97 Å². The van der Waals surface area contributed by atoms with Crippen molar-refractivity contribution in [2.45, 2.75) is 12.6 Å². The van der Waals surface area contributed by atoms with Crippen LogP contribution in [-0.2, 0) is 9.53 Å². The van der Waals surface area contributed by atoms with E-state index in [-0.39, 0.29) is 18.3 Å². The number of carbonyl (C=O) groups excluding carboxylic acids is 1. The van der Waals surface area contributed by atoms with Crippen LogP contribution in [0.2, 0.25) is 0 Å². The van der Waals surface area contributed by atoms with Crippen LogP contribution in [0.25, 0.3) is 0 Å². The summed E-state index contributed by atoms with van der Waals surface area (Å²) in [4.78, 5) is 10.7. The maximum atomic E-state index is 12.8. The molecule has 1 N–H and O–H groups in total. The van der Waals surface area contributed by atoms with Crippen LogP contribution in [0.5, 0.6) is 0 Å². The van der Waals surface area contributed by atoms with Crippen molar-refractivity contribution in [3.8, 4) is 0 Å². The van der Waals surface area contributed by atoms with Crippen molar-refractivity contribution in [2.75, 3.05) is 20.2 Å². The molecule has 0 aromatic carbocycles. The molecule has 1 heterocycles. The van der Waals surface area contributed by atoms with Gasteiger partial charge in [-0.1, -0.05) is 0 Å². The van der Waals surface area contributed by atoms with E-state index in [4.69, 9.17) is 0 Å². The van der Waals surface area contributed by atoms with Crippen molar-refractivity contribution < 1.29 is 13.9 Å². The predicted molar refractivity (Wildman–Crippen MR) is 37.9 cm³/mol. The van der Waals surface area contributed by atoms with Gasteiger partial charge in [-0.05, 0) is 0 Å². The third-order valence-electron chi connectivity index (χ3n) is 1.91. The number of halogens is 1. The average Bonchev–Trinajstić information content (AvgIpc) is 2.37. The lowest BCUT2D eigenvalue weighted by Crippen LogP contribution is -2.18. The Labute approximate surface area is 64.9 Å². The second-order valence-electron chi connectivity index (χ2n) is 2.71. The molecule has 0 aliphatic carbocycles. The number of hydrogen-bond donors (Lipinski definition) is 1. The molecule has 0 saturated carbocycles. The van der Waals surface area contributed by atoms with Crippen LogP contribution in [0.4, 0.5) is 4.39 Å². The first-order valence-corrected chi connectivity index (χ1v) is 3.65.